The minimum atomic E-state index is -0.497. The highest BCUT2D eigenvalue weighted by molar-refractivity contribution is 6.13. The first kappa shape index (κ1) is 22.0. The first-order chi connectivity index (χ1) is 16.8. The third-order valence-corrected chi connectivity index (χ3v) is 7.01. The van der Waals surface area contributed by atoms with Crippen molar-refractivity contribution in [1.29, 1.82) is 0 Å². The summed E-state index contributed by atoms with van der Waals surface area (Å²) in [4.78, 5) is 19.7. The van der Waals surface area contributed by atoms with Crippen LogP contribution < -0.4 is 15.5 Å². The van der Waals surface area contributed by atoms with E-state index in [-0.39, 0.29) is 17.7 Å². The summed E-state index contributed by atoms with van der Waals surface area (Å²) in [5.74, 6) is -0.844. The summed E-state index contributed by atoms with van der Waals surface area (Å²) >= 11 is 0. The van der Waals surface area contributed by atoms with Crippen molar-refractivity contribution in [2.45, 2.75) is 44.4 Å². The van der Waals surface area contributed by atoms with Crippen molar-refractivity contribution >= 4 is 33.8 Å². The van der Waals surface area contributed by atoms with Crippen LogP contribution in [0.5, 0.6) is 0 Å². The minimum Gasteiger partial charge on any atom is -0.393 e. The van der Waals surface area contributed by atoms with E-state index in [9.17, 15) is 14.3 Å². The molecule has 0 spiro atoms. The van der Waals surface area contributed by atoms with E-state index in [4.69, 9.17) is 0 Å². The average Bonchev–Trinajstić information content (AvgIpc) is 3.49. The number of anilines is 2. The van der Waals surface area contributed by atoms with Crippen LogP contribution in [0.2, 0.25) is 0 Å². The van der Waals surface area contributed by atoms with Crippen molar-refractivity contribution in [3.63, 3.8) is 0 Å². The molecule has 2 fully saturated rings. The molecule has 9 nitrogen and oxygen atoms in total. The zero-order valence-electron chi connectivity index (χ0n) is 19.7. The molecule has 3 N–H and O–H groups in total. The van der Waals surface area contributed by atoms with Crippen molar-refractivity contribution in [2.75, 3.05) is 23.3 Å². The molecule has 35 heavy (non-hydrogen) atoms. The smallest absolute Gasteiger partial charge is 0.257 e. The number of hydrogen-bond donors (Lipinski definition) is 3. The monoisotopic (exact) mass is 477 g/mol. The number of aliphatic hydroxyl groups excluding tert-OH is 1. The molecule has 2 aliphatic rings. The van der Waals surface area contributed by atoms with Gasteiger partial charge in [-0.3, -0.25) is 9.48 Å². The average molecular weight is 478 g/mol. The fraction of sp³-hybridized carbons (Fsp3) is 0.400. The lowest BCUT2D eigenvalue weighted by Gasteiger charge is -2.34. The maximum absolute atomic E-state index is 14.5. The zero-order chi connectivity index (χ0) is 24.3. The minimum absolute atomic E-state index is 0.166. The number of benzene rings is 1. The molecule has 182 valence electrons. The lowest BCUT2D eigenvalue weighted by atomic mass is 9.89. The van der Waals surface area contributed by atoms with E-state index in [1.807, 2.05) is 19.3 Å². The Labute approximate surface area is 201 Å². The molecular formula is C25H28FN7O2. The second-order valence-electron chi connectivity index (χ2n) is 9.76. The number of aliphatic hydroxyl groups is 1. The number of aryl methyl sites for hydroxylation is 2. The highest BCUT2D eigenvalue weighted by Crippen LogP contribution is 2.32. The summed E-state index contributed by atoms with van der Waals surface area (Å²) in [5.41, 5.74) is 3.36. The van der Waals surface area contributed by atoms with Crippen LogP contribution >= 0.6 is 0 Å². The third-order valence-electron chi connectivity index (χ3n) is 7.01. The fourth-order valence-corrected chi connectivity index (χ4v) is 5.28. The predicted octanol–water partition coefficient (Wildman–Crippen LogP) is 2.61. The summed E-state index contributed by atoms with van der Waals surface area (Å²) in [6, 6.07) is 5.81. The van der Waals surface area contributed by atoms with Crippen LogP contribution in [0.1, 0.15) is 35.3 Å². The van der Waals surface area contributed by atoms with Gasteiger partial charge in [0.25, 0.3) is 5.91 Å². The molecule has 0 radical (unpaired) electrons. The largest absolute Gasteiger partial charge is 0.393 e. The number of amides is 1. The highest BCUT2D eigenvalue weighted by atomic mass is 19.1. The van der Waals surface area contributed by atoms with E-state index < -0.39 is 5.82 Å². The van der Waals surface area contributed by atoms with Crippen LogP contribution in [0.4, 0.5) is 15.8 Å². The second kappa shape index (κ2) is 8.31. The fourth-order valence-electron chi connectivity index (χ4n) is 5.28. The summed E-state index contributed by atoms with van der Waals surface area (Å²) in [6.45, 7) is 3.57. The van der Waals surface area contributed by atoms with Gasteiger partial charge < -0.3 is 25.0 Å². The molecule has 1 aromatic carbocycles. The number of halogens is 1. The molecule has 1 aliphatic carbocycles. The van der Waals surface area contributed by atoms with Gasteiger partial charge in [-0.05, 0) is 38.3 Å². The van der Waals surface area contributed by atoms with Gasteiger partial charge in [-0.2, -0.15) is 5.10 Å². The number of rotatable bonds is 5. The lowest BCUT2D eigenvalue weighted by molar-refractivity contribution is 0.0587. The molecule has 3 aromatic heterocycles. The standard InChI is InChI=1S/C25H28FN7O2/c1-14-10-33-12-17(9-21(26)24(33)27-14)29-25(35)19-3-4-22(20-13-31(2)30-23(19)20)32-6-5-15(11-32)28-16-7-18(34)8-16/h3-4,9-10,12-13,15-16,18,28,34H,5-8,11H2,1-2H3,(H,29,35)/t15-,16-,18+/m0/s1. The van der Waals surface area contributed by atoms with Gasteiger partial charge in [0.2, 0.25) is 0 Å². The van der Waals surface area contributed by atoms with Crippen molar-refractivity contribution in [2.24, 2.45) is 7.05 Å². The first-order valence-electron chi connectivity index (χ1n) is 12.0. The number of nitrogens with zero attached hydrogens (tertiary/aromatic N) is 5. The van der Waals surface area contributed by atoms with Gasteiger partial charge in [0.05, 0.1) is 23.0 Å². The Morgan fingerprint density at radius 3 is 2.83 bits per heavy atom. The van der Waals surface area contributed by atoms with E-state index in [1.165, 1.54) is 6.07 Å². The van der Waals surface area contributed by atoms with Gasteiger partial charge in [-0.15, -0.1) is 0 Å². The van der Waals surface area contributed by atoms with Gasteiger partial charge >= 0.3 is 0 Å². The van der Waals surface area contributed by atoms with Gasteiger partial charge in [0, 0.05) is 68.0 Å². The molecule has 10 heteroatoms. The van der Waals surface area contributed by atoms with Gasteiger partial charge in [0.1, 0.15) is 5.52 Å². The Morgan fingerprint density at radius 1 is 1.20 bits per heavy atom. The number of imidazole rings is 1. The van der Waals surface area contributed by atoms with Crippen molar-refractivity contribution in [3.8, 4) is 0 Å². The van der Waals surface area contributed by atoms with Crippen LogP contribution in [0, 0.1) is 12.7 Å². The molecular weight excluding hydrogens is 449 g/mol. The molecule has 4 heterocycles. The molecule has 1 saturated heterocycles. The van der Waals surface area contributed by atoms with Crippen LogP contribution in [-0.4, -0.2) is 61.5 Å². The van der Waals surface area contributed by atoms with E-state index in [2.05, 4.69) is 25.6 Å². The van der Waals surface area contributed by atoms with Crippen LogP contribution in [-0.2, 0) is 7.05 Å². The van der Waals surface area contributed by atoms with E-state index in [0.717, 1.165) is 43.4 Å². The van der Waals surface area contributed by atoms with Gasteiger partial charge in [0.15, 0.2) is 11.5 Å². The van der Waals surface area contributed by atoms with Crippen LogP contribution in [0.3, 0.4) is 0 Å². The quantitative estimate of drug-likeness (QED) is 0.409. The number of pyridine rings is 1. The normalized spacial score (nSPS) is 22.2. The molecule has 1 amide bonds. The molecule has 1 atom stereocenters. The lowest BCUT2D eigenvalue weighted by Crippen LogP contribution is -2.49. The van der Waals surface area contributed by atoms with E-state index in [1.54, 1.807) is 34.5 Å². The Balaban J connectivity index is 1.25. The number of fused-ring (bicyclic) bond motifs is 2. The predicted molar refractivity (Wildman–Crippen MR) is 131 cm³/mol. The maximum Gasteiger partial charge on any atom is 0.257 e. The Morgan fingerprint density at radius 2 is 2.03 bits per heavy atom. The number of carbonyl (C=O) groups is 1. The third kappa shape index (κ3) is 4.02. The van der Waals surface area contributed by atoms with Gasteiger partial charge in [-0.25, -0.2) is 9.37 Å². The summed E-state index contributed by atoms with van der Waals surface area (Å²) in [7, 11) is 1.84. The molecule has 1 saturated carbocycles. The Kier molecular flexibility index (Phi) is 5.23. The SMILES string of the molecule is Cc1cn2cc(NC(=O)c3ccc(N4CC[C@H](N[C@H]5C[C@@H](O)C5)C4)c4cn(C)nc34)cc(F)c2n1. The van der Waals surface area contributed by atoms with Gasteiger partial charge in [-0.1, -0.05) is 0 Å². The van der Waals surface area contributed by atoms with Crippen molar-refractivity contribution in [3.05, 3.63) is 53.9 Å². The van der Waals surface area contributed by atoms with Crippen LogP contribution in [0.15, 0.2) is 36.8 Å². The molecule has 6 rings (SSSR count). The van der Waals surface area contributed by atoms with Crippen molar-refractivity contribution in [1.82, 2.24) is 24.5 Å². The maximum atomic E-state index is 14.5. The van der Waals surface area contributed by atoms with E-state index in [0.29, 0.717) is 34.5 Å². The number of aromatic nitrogens is 4. The summed E-state index contributed by atoms with van der Waals surface area (Å²) < 4.78 is 17.8. The molecule has 4 aromatic rings. The molecule has 1 aliphatic heterocycles. The van der Waals surface area contributed by atoms with Crippen molar-refractivity contribution < 1.29 is 14.3 Å². The number of nitrogens with one attached hydrogen (secondary N) is 2. The highest BCUT2D eigenvalue weighted by Gasteiger charge is 2.32. The van der Waals surface area contributed by atoms with Crippen LogP contribution in [0.25, 0.3) is 16.6 Å². The first-order valence-corrected chi connectivity index (χ1v) is 12.0. The topological polar surface area (TPSA) is 99.7 Å². The Hall–Kier alpha value is -3.50. The van der Waals surface area contributed by atoms with E-state index >= 15 is 0 Å². The zero-order valence-corrected chi connectivity index (χ0v) is 19.7. The number of carbonyl (C=O) groups excluding carboxylic acids is 1. The summed E-state index contributed by atoms with van der Waals surface area (Å²) in [6.07, 6.45) is 7.81. The molecule has 0 bridgehead atoms. The molecule has 0 unspecified atom stereocenters. The second-order valence-corrected chi connectivity index (χ2v) is 9.76. The number of hydrogen-bond acceptors (Lipinski definition) is 6. The Bertz CT molecular complexity index is 1440. The summed E-state index contributed by atoms with van der Waals surface area (Å²) in [5, 5.41) is 21.5.